The van der Waals surface area contributed by atoms with E-state index < -0.39 is 6.10 Å². The van der Waals surface area contributed by atoms with Crippen LogP contribution >= 0.6 is 0 Å². The SMILES string of the molecule is CC[C@@H](Oc1ccc2c(c1)[C@H](c1ccc(C)cc1)N(C(=O)C1CC1)CC2)C(=O)N(C)Cc1ccco1. The van der Waals surface area contributed by atoms with Crippen molar-refractivity contribution in [2.45, 2.75) is 58.2 Å². The number of fused-ring (bicyclic) bond motifs is 1. The molecule has 0 radical (unpaired) electrons. The normalized spacial score (nSPS) is 17.9. The molecule has 188 valence electrons. The molecule has 1 fully saturated rings. The molecule has 0 saturated heterocycles. The van der Waals surface area contributed by atoms with Crippen molar-refractivity contribution < 1.29 is 18.7 Å². The molecule has 2 aromatic carbocycles. The molecule has 1 aliphatic heterocycles. The van der Waals surface area contributed by atoms with Crippen molar-refractivity contribution in [3.8, 4) is 5.75 Å². The number of hydrogen-bond acceptors (Lipinski definition) is 4. The number of likely N-dealkylation sites (N-methyl/N-ethyl adjacent to an activating group) is 1. The number of ether oxygens (including phenoxy) is 1. The van der Waals surface area contributed by atoms with Gasteiger partial charge in [0.15, 0.2) is 6.10 Å². The highest BCUT2D eigenvalue weighted by Gasteiger charge is 2.39. The average Bonchev–Trinajstić information content (AvgIpc) is 3.62. The summed E-state index contributed by atoms with van der Waals surface area (Å²) in [6, 6.07) is 18.0. The van der Waals surface area contributed by atoms with Crippen LogP contribution in [0.25, 0.3) is 0 Å². The van der Waals surface area contributed by atoms with E-state index in [-0.39, 0.29) is 23.8 Å². The van der Waals surface area contributed by atoms with Crippen LogP contribution in [-0.4, -0.2) is 41.3 Å². The summed E-state index contributed by atoms with van der Waals surface area (Å²) in [6.45, 7) is 5.13. The fourth-order valence-corrected chi connectivity index (χ4v) is 5.01. The van der Waals surface area contributed by atoms with Gasteiger partial charge in [-0.15, -0.1) is 0 Å². The Bertz CT molecular complexity index is 1210. The number of nitrogens with zero attached hydrogens (tertiary/aromatic N) is 2. The van der Waals surface area contributed by atoms with Crippen LogP contribution in [0.2, 0.25) is 0 Å². The van der Waals surface area contributed by atoms with Gasteiger partial charge in [-0.1, -0.05) is 42.8 Å². The maximum atomic E-state index is 13.3. The van der Waals surface area contributed by atoms with E-state index in [0.29, 0.717) is 25.3 Å². The fourth-order valence-electron chi connectivity index (χ4n) is 5.01. The van der Waals surface area contributed by atoms with Crippen molar-refractivity contribution in [3.05, 3.63) is 88.9 Å². The molecule has 2 aliphatic rings. The first-order chi connectivity index (χ1) is 17.4. The Balaban J connectivity index is 1.41. The number of carbonyl (C=O) groups is 2. The van der Waals surface area contributed by atoms with E-state index in [1.807, 2.05) is 36.1 Å². The first-order valence-corrected chi connectivity index (χ1v) is 12.9. The number of furan rings is 1. The van der Waals surface area contributed by atoms with Gasteiger partial charge in [0.05, 0.1) is 18.8 Å². The summed E-state index contributed by atoms with van der Waals surface area (Å²) in [7, 11) is 1.76. The van der Waals surface area contributed by atoms with Gasteiger partial charge < -0.3 is 19.0 Å². The van der Waals surface area contributed by atoms with Crippen LogP contribution in [0.1, 0.15) is 60.2 Å². The zero-order chi connectivity index (χ0) is 25.2. The van der Waals surface area contributed by atoms with Crippen LogP contribution in [0.3, 0.4) is 0 Å². The largest absolute Gasteiger partial charge is 0.481 e. The maximum Gasteiger partial charge on any atom is 0.263 e. The minimum Gasteiger partial charge on any atom is -0.481 e. The minimum absolute atomic E-state index is 0.0905. The summed E-state index contributed by atoms with van der Waals surface area (Å²) in [5.74, 6) is 1.70. The van der Waals surface area contributed by atoms with Gasteiger partial charge >= 0.3 is 0 Å². The highest BCUT2D eigenvalue weighted by molar-refractivity contribution is 5.82. The van der Waals surface area contributed by atoms with Gasteiger partial charge in [0, 0.05) is 19.5 Å². The highest BCUT2D eigenvalue weighted by Crippen LogP contribution is 2.41. The number of hydrogen-bond donors (Lipinski definition) is 0. The molecule has 5 rings (SSSR count). The molecule has 0 spiro atoms. The van der Waals surface area contributed by atoms with E-state index in [1.165, 1.54) is 11.1 Å². The van der Waals surface area contributed by atoms with E-state index in [4.69, 9.17) is 9.15 Å². The van der Waals surface area contributed by atoms with E-state index >= 15 is 0 Å². The minimum atomic E-state index is -0.603. The third kappa shape index (κ3) is 5.03. The quantitative estimate of drug-likeness (QED) is 0.434. The van der Waals surface area contributed by atoms with Crippen LogP contribution in [0, 0.1) is 12.8 Å². The third-order valence-corrected chi connectivity index (χ3v) is 7.22. The molecule has 0 unspecified atom stereocenters. The lowest BCUT2D eigenvalue weighted by atomic mass is 9.87. The number of aryl methyl sites for hydroxylation is 1. The summed E-state index contributed by atoms with van der Waals surface area (Å²) in [4.78, 5) is 30.1. The van der Waals surface area contributed by atoms with Crippen molar-refractivity contribution in [1.82, 2.24) is 9.80 Å². The van der Waals surface area contributed by atoms with Gasteiger partial charge in [-0.25, -0.2) is 0 Å². The molecule has 1 saturated carbocycles. The Kier molecular flexibility index (Phi) is 6.86. The predicted molar refractivity (Wildman–Crippen MR) is 137 cm³/mol. The molecule has 6 nitrogen and oxygen atoms in total. The van der Waals surface area contributed by atoms with Gasteiger partial charge in [0.2, 0.25) is 5.91 Å². The van der Waals surface area contributed by atoms with Crippen molar-refractivity contribution in [3.63, 3.8) is 0 Å². The van der Waals surface area contributed by atoms with Crippen molar-refractivity contribution in [2.75, 3.05) is 13.6 Å². The standard InChI is InChI=1S/C30H34N2O4/c1-4-27(30(34)31(3)19-25-6-5-17-35-25)36-24-14-13-21-15-16-32(29(33)23-11-12-23)28(26(21)18-24)22-9-7-20(2)8-10-22/h5-10,13-14,17-18,23,27-28H,4,11-12,15-16,19H2,1-3H3/t27-,28+/m1/s1. The Morgan fingerprint density at radius 1 is 1.14 bits per heavy atom. The first kappa shape index (κ1) is 24.2. The van der Waals surface area contributed by atoms with Crippen molar-refractivity contribution >= 4 is 11.8 Å². The summed E-state index contributed by atoms with van der Waals surface area (Å²) in [5, 5.41) is 0. The Morgan fingerprint density at radius 3 is 2.58 bits per heavy atom. The zero-order valence-electron chi connectivity index (χ0n) is 21.3. The van der Waals surface area contributed by atoms with E-state index in [2.05, 4.69) is 37.3 Å². The topological polar surface area (TPSA) is 63.0 Å². The molecule has 2 atom stereocenters. The molecule has 36 heavy (non-hydrogen) atoms. The summed E-state index contributed by atoms with van der Waals surface area (Å²) in [5.41, 5.74) is 4.61. The third-order valence-electron chi connectivity index (χ3n) is 7.22. The molecular weight excluding hydrogens is 452 g/mol. The van der Waals surface area contributed by atoms with E-state index in [1.54, 1.807) is 18.2 Å². The van der Waals surface area contributed by atoms with Gasteiger partial charge in [-0.2, -0.15) is 0 Å². The van der Waals surface area contributed by atoms with Gasteiger partial charge in [-0.05, 0) is 73.6 Å². The van der Waals surface area contributed by atoms with Crippen LogP contribution in [0.4, 0.5) is 0 Å². The van der Waals surface area contributed by atoms with Crippen LogP contribution in [0.5, 0.6) is 5.75 Å². The monoisotopic (exact) mass is 486 g/mol. The zero-order valence-corrected chi connectivity index (χ0v) is 21.3. The Labute approximate surface area is 212 Å². The molecule has 0 N–H and O–H groups in total. The molecule has 1 aliphatic carbocycles. The molecular formula is C30H34N2O4. The maximum absolute atomic E-state index is 13.3. The van der Waals surface area contributed by atoms with Crippen molar-refractivity contribution in [2.24, 2.45) is 5.92 Å². The Morgan fingerprint density at radius 2 is 1.92 bits per heavy atom. The number of benzene rings is 2. The molecule has 3 aromatic rings. The molecule has 2 amide bonds. The van der Waals surface area contributed by atoms with E-state index in [9.17, 15) is 9.59 Å². The van der Waals surface area contributed by atoms with Gasteiger partial charge in [0.1, 0.15) is 11.5 Å². The average molecular weight is 487 g/mol. The Hall–Kier alpha value is -3.54. The second-order valence-corrected chi connectivity index (χ2v) is 10.0. The second kappa shape index (κ2) is 10.2. The summed E-state index contributed by atoms with van der Waals surface area (Å²) in [6.07, 6.45) is 4.34. The summed E-state index contributed by atoms with van der Waals surface area (Å²) >= 11 is 0. The molecule has 2 heterocycles. The first-order valence-electron chi connectivity index (χ1n) is 12.9. The van der Waals surface area contributed by atoms with Crippen LogP contribution in [-0.2, 0) is 22.6 Å². The fraction of sp³-hybridized carbons (Fsp3) is 0.400. The highest BCUT2D eigenvalue weighted by atomic mass is 16.5. The van der Waals surface area contributed by atoms with Crippen LogP contribution < -0.4 is 4.74 Å². The number of amides is 2. The number of rotatable bonds is 8. The summed E-state index contributed by atoms with van der Waals surface area (Å²) < 4.78 is 11.7. The van der Waals surface area contributed by atoms with Crippen molar-refractivity contribution in [1.29, 1.82) is 0 Å². The molecule has 0 bridgehead atoms. The lowest BCUT2D eigenvalue weighted by Gasteiger charge is -2.38. The van der Waals surface area contributed by atoms with E-state index in [0.717, 1.165) is 36.1 Å². The smallest absolute Gasteiger partial charge is 0.263 e. The predicted octanol–water partition coefficient (Wildman–Crippen LogP) is 5.29. The molecule has 6 heteroatoms. The van der Waals surface area contributed by atoms with Gasteiger partial charge in [0.25, 0.3) is 5.91 Å². The second-order valence-electron chi connectivity index (χ2n) is 10.0. The molecule has 1 aromatic heterocycles. The number of carbonyl (C=O) groups excluding carboxylic acids is 2. The van der Waals surface area contributed by atoms with Crippen LogP contribution in [0.15, 0.2) is 65.3 Å². The van der Waals surface area contributed by atoms with Gasteiger partial charge in [-0.3, -0.25) is 9.59 Å². The lowest BCUT2D eigenvalue weighted by molar-refractivity contribution is -0.138. The lowest BCUT2D eigenvalue weighted by Crippen LogP contribution is -2.41.